The number of hydrogen-bond donors (Lipinski definition) is 2. The molecule has 7 nitrogen and oxygen atoms in total. The number of aromatic nitrogens is 1. The molecule has 4 rings (SSSR count). The fraction of sp³-hybridized carbons (Fsp3) is 0.200. The van der Waals surface area contributed by atoms with Gasteiger partial charge in [-0.3, -0.25) is 9.59 Å². The molecule has 144 valence electrons. The molecular formula is C20H19N3O4S. The zero-order chi connectivity index (χ0) is 19.9. The van der Waals surface area contributed by atoms with E-state index in [-0.39, 0.29) is 23.8 Å². The lowest BCUT2D eigenvalue weighted by Gasteiger charge is -2.15. The van der Waals surface area contributed by atoms with E-state index in [0.29, 0.717) is 12.1 Å². The van der Waals surface area contributed by atoms with Crippen LogP contribution < -0.4 is 9.62 Å². The van der Waals surface area contributed by atoms with Crippen LogP contribution in [-0.2, 0) is 21.4 Å². The average Bonchev–Trinajstić information content (AvgIpc) is 3.17. The van der Waals surface area contributed by atoms with Crippen molar-refractivity contribution in [1.29, 1.82) is 0 Å². The van der Waals surface area contributed by atoms with Gasteiger partial charge in [0.25, 0.3) is 5.91 Å². The normalized spacial score (nSPS) is 15.9. The molecule has 28 heavy (non-hydrogen) atoms. The molecule has 1 saturated heterocycles. The zero-order valence-electron chi connectivity index (χ0n) is 15.2. The lowest BCUT2D eigenvalue weighted by Crippen LogP contribution is -2.29. The van der Waals surface area contributed by atoms with Crippen LogP contribution in [0.2, 0.25) is 0 Å². The third kappa shape index (κ3) is 3.38. The standard InChI is InChI=1S/C20H19N3O4S/c1-13-10-16-11-14(2-7-18(16)22-13)12-21-20(25)15-3-5-17(6-4-15)23-19(24)8-9-28(23,26)27/h2-7,10-11,22H,8-9,12H2,1H3,(H,21,25). The molecule has 2 amide bonds. The number of carbonyl (C=O) groups is 2. The van der Waals surface area contributed by atoms with Crippen molar-refractivity contribution in [3.8, 4) is 0 Å². The van der Waals surface area contributed by atoms with Crippen LogP contribution in [0, 0.1) is 6.92 Å². The van der Waals surface area contributed by atoms with E-state index in [1.165, 1.54) is 24.3 Å². The van der Waals surface area contributed by atoms with Crippen LogP contribution in [0.4, 0.5) is 5.69 Å². The van der Waals surface area contributed by atoms with Crippen molar-refractivity contribution < 1.29 is 18.0 Å². The summed E-state index contributed by atoms with van der Waals surface area (Å²) in [5, 5.41) is 3.94. The highest BCUT2D eigenvalue weighted by atomic mass is 32.2. The molecule has 3 aromatic rings. The van der Waals surface area contributed by atoms with Crippen molar-refractivity contribution in [2.24, 2.45) is 0 Å². The van der Waals surface area contributed by atoms with Gasteiger partial charge in [-0.25, -0.2) is 12.7 Å². The maximum atomic E-state index is 12.4. The topological polar surface area (TPSA) is 99.3 Å². The molecule has 0 aliphatic carbocycles. The molecule has 8 heteroatoms. The maximum Gasteiger partial charge on any atom is 0.251 e. The second kappa shape index (κ2) is 6.79. The molecule has 0 unspecified atom stereocenters. The van der Waals surface area contributed by atoms with Gasteiger partial charge in [0, 0.05) is 29.7 Å². The summed E-state index contributed by atoms with van der Waals surface area (Å²) in [5.41, 5.74) is 3.76. The van der Waals surface area contributed by atoms with E-state index in [0.717, 1.165) is 26.5 Å². The van der Waals surface area contributed by atoms with Gasteiger partial charge in [-0.15, -0.1) is 0 Å². The number of carbonyl (C=O) groups excluding carboxylic acids is 2. The van der Waals surface area contributed by atoms with Gasteiger partial charge >= 0.3 is 0 Å². The Labute approximate surface area is 162 Å². The number of fused-ring (bicyclic) bond motifs is 1. The number of rotatable bonds is 4. The van der Waals surface area contributed by atoms with Gasteiger partial charge in [-0.2, -0.15) is 0 Å². The molecule has 0 spiro atoms. The van der Waals surface area contributed by atoms with Gasteiger partial charge < -0.3 is 10.3 Å². The van der Waals surface area contributed by atoms with Crippen LogP contribution in [0.5, 0.6) is 0 Å². The number of benzene rings is 2. The van der Waals surface area contributed by atoms with Crippen molar-refractivity contribution in [2.75, 3.05) is 10.1 Å². The molecule has 1 fully saturated rings. The Hall–Kier alpha value is -3.13. The summed E-state index contributed by atoms with van der Waals surface area (Å²) in [5.74, 6) is -0.904. The first-order valence-corrected chi connectivity index (χ1v) is 10.5. The molecule has 0 bridgehead atoms. The average molecular weight is 397 g/mol. The summed E-state index contributed by atoms with van der Waals surface area (Å²) in [7, 11) is -3.60. The van der Waals surface area contributed by atoms with Gasteiger partial charge in [0.1, 0.15) is 0 Å². The number of anilines is 1. The Morgan fingerprint density at radius 3 is 2.57 bits per heavy atom. The van der Waals surface area contributed by atoms with E-state index in [9.17, 15) is 18.0 Å². The molecule has 0 saturated carbocycles. The first-order valence-electron chi connectivity index (χ1n) is 8.86. The van der Waals surface area contributed by atoms with Crippen molar-refractivity contribution in [2.45, 2.75) is 19.9 Å². The largest absolute Gasteiger partial charge is 0.359 e. The molecule has 1 aliphatic heterocycles. The van der Waals surface area contributed by atoms with Crippen molar-refractivity contribution >= 4 is 38.4 Å². The summed E-state index contributed by atoms with van der Waals surface area (Å²) in [6, 6.07) is 14.0. The Morgan fingerprint density at radius 2 is 1.89 bits per heavy atom. The van der Waals surface area contributed by atoms with Gasteiger partial charge in [0.2, 0.25) is 15.9 Å². The molecule has 2 aromatic carbocycles. The van der Waals surface area contributed by atoms with E-state index in [1.54, 1.807) is 0 Å². The van der Waals surface area contributed by atoms with Crippen LogP contribution in [-0.4, -0.2) is 31.0 Å². The van der Waals surface area contributed by atoms with Gasteiger partial charge in [-0.1, -0.05) is 6.07 Å². The minimum absolute atomic E-state index is 0.0183. The van der Waals surface area contributed by atoms with Crippen LogP contribution >= 0.6 is 0 Å². The molecule has 0 radical (unpaired) electrons. The first-order chi connectivity index (χ1) is 13.3. The smallest absolute Gasteiger partial charge is 0.251 e. The lowest BCUT2D eigenvalue weighted by atomic mass is 10.1. The maximum absolute atomic E-state index is 12.4. The SMILES string of the molecule is Cc1cc2cc(CNC(=O)c3ccc(N4C(=O)CCS4(=O)=O)cc3)ccc2[nH]1. The Morgan fingerprint density at radius 1 is 1.14 bits per heavy atom. The Bertz CT molecular complexity index is 1180. The van der Waals surface area contributed by atoms with Crippen molar-refractivity contribution in [3.63, 3.8) is 0 Å². The number of sulfonamides is 1. The van der Waals surface area contributed by atoms with E-state index < -0.39 is 15.9 Å². The molecule has 1 aliphatic rings. The zero-order valence-corrected chi connectivity index (χ0v) is 16.0. The third-order valence-electron chi connectivity index (χ3n) is 4.72. The summed E-state index contributed by atoms with van der Waals surface area (Å²) in [6.45, 7) is 2.37. The van der Waals surface area contributed by atoms with Crippen molar-refractivity contribution in [1.82, 2.24) is 10.3 Å². The second-order valence-electron chi connectivity index (χ2n) is 6.83. The van der Waals surface area contributed by atoms with Gasteiger partial charge in [-0.05, 0) is 60.3 Å². The highest BCUT2D eigenvalue weighted by molar-refractivity contribution is 7.94. The molecule has 1 aromatic heterocycles. The van der Waals surface area contributed by atoms with Crippen LogP contribution in [0.15, 0.2) is 48.5 Å². The molecule has 0 atom stereocenters. The Balaban J connectivity index is 1.45. The number of aromatic amines is 1. The number of H-pyrrole nitrogens is 1. The summed E-state index contributed by atoms with van der Waals surface area (Å²) in [4.78, 5) is 27.5. The van der Waals surface area contributed by atoms with Crippen LogP contribution in [0.25, 0.3) is 10.9 Å². The highest BCUT2D eigenvalue weighted by Gasteiger charge is 2.36. The monoisotopic (exact) mass is 397 g/mol. The number of nitrogens with one attached hydrogen (secondary N) is 2. The van der Waals surface area contributed by atoms with Crippen LogP contribution in [0.1, 0.15) is 28.0 Å². The van der Waals surface area contributed by atoms with E-state index in [2.05, 4.69) is 10.3 Å². The second-order valence-corrected chi connectivity index (χ2v) is 8.76. The summed E-state index contributed by atoms with van der Waals surface area (Å²) >= 11 is 0. The summed E-state index contributed by atoms with van der Waals surface area (Å²) < 4.78 is 24.7. The quantitative estimate of drug-likeness (QED) is 0.706. The fourth-order valence-corrected chi connectivity index (χ4v) is 4.80. The van der Waals surface area contributed by atoms with Crippen molar-refractivity contribution in [3.05, 3.63) is 65.4 Å². The summed E-state index contributed by atoms with van der Waals surface area (Å²) in [6.07, 6.45) is -0.0183. The number of nitrogens with zero attached hydrogens (tertiary/aromatic N) is 1. The van der Waals surface area contributed by atoms with Crippen LogP contribution in [0.3, 0.4) is 0 Å². The van der Waals surface area contributed by atoms with E-state index in [1.807, 2.05) is 31.2 Å². The predicted octanol–water partition coefficient (Wildman–Crippen LogP) is 2.47. The van der Waals surface area contributed by atoms with E-state index >= 15 is 0 Å². The Kier molecular flexibility index (Phi) is 4.43. The fourth-order valence-electron chi connectivity index (χ4n) is 3.34. The highest BCUT2D eigenvalue weighted by Crippen LogP contribution is 2.25. The minimum Gasteiger partial charge on any atom is -0.359 e. The lowest BCUT2D eigenvalue weighted by molar-refractivity contribution is -0.116. The number of aryl methyl sites for hydroxylation is 1. The molecular weight excluding hydrogens is 378 g/mol. The minimum atomic E-state index is -3.60. The predicted molar refractivity (Wildman–Crippen MR) is 107 cm³/mol. The molecule has 2 N–H and O–H groups in total. The van der Waals surface area contributed by atoms with Gasteiger partial charge in [0.15, 0.2) is 0 Å². The number of hydrogen-bond acceptors (Lipinski definition) is 4. The number of amides is 2. The van der Waals surface area contributed by atoms with Gasteiger partial charge in [0.05, 0.1) is 11.4 Å². The first kappa shape index (κ1) is 18.2. The third-order valence-corrected chi connectivity index (χ3v) is 6.41. The van der Waals surface area contributed by atoms with E-state index in [4.69, 9.17) is 0 Å². The molecule has 2 heterocycles.